The van der Waals surface area contributed by atoms with Crippen LogP contribution in [0.5, 0.6) is 0 Å². The lowest BCUT2D eigenvalue weighted by Gasteiger charge is -2.03. The highest BCUT2D eigenvalue weighted by Crippen LogP contribution is 2.33. The molecule has 1 heterocycles. The summed E-state index contributed by atoms with van der Waals surface area (Å²) in [7, 11) is -1.47. The fourth-order valence-corrected chi connectivity index (χ4v) is 3.08. The van der Waals surface area contributed by atoms with Gasteiger partial charge in [-0.3, -0.25) is 0 Å². The van der Waals surface area contributed by atoms with Gasteiger partial charge in [0.2, 0.25) is 0 Å². The van der Waals surface area contributed by atoms with Crippen molar-refractivity contribution in [2.24, 2.45) is 0 Å². The van der Waals surface area contributed by atoms with Crippen LogP contribution in [0.15, 0.2) is 22.0 Å². The Hall–Kier alpha value is -0.555. The summed E-state index contributed by atoms with van der Waals surface area (Å²) in [4.78, 5) is 0. The van der Waals surface area contributed by atoms with Crippen molar-refractivity contribution in [3.8, 4) is 0 Å². The van der Waals surface area contributed by atoms with E-state index in [-0.39, 0.29) is 0 Å². The summed E-state index contributed by atoms with van der Waals surface area (Å²) < 4.78 is 1.88. The zero-order valence-corrected chi connectivity index (χ0v) is 9.47. The number of benzene rings is 1. The lowest BCUT2D eigenvalue weighted by Crippen LogP contribution is -2.29. The number of nitrogens with two attached hydrogens (primary N) is 1. The van der Waals surface area contributed by atoms with Crippen molar-refractivity contribution in [1.82, 2.24) is 0 Å². The minimum atomic E-state index is -1.47. The topological polar surface area (TPSA) is 66.5 Å². The molecule has 0 aliphatic rings. The van der Waals surface area contributed by atoms with E-state index in [9.17, 15) is 0 Å². The number of hydrogen-bond donors (Lipinski definition) is 3. The molecule has 0 saturated heterocycles. The Morgan fingerprint density at radius 2 is 2.07 bits per heavy atom. The summed E-state index contributed by atoms with van der Waals surface area (Å²) in [6, 6.07) is 3.30. The Bertz CT molecular complexity index is 485. The Morgan fingerprint density at radius 3 is 2.71 bits per heavy atom. The maximum atomic E-state index is 9.01. The van der Waals surface area contributed by atoms with Crippen LogP contribution in [0, 0.1) is 0 Å². The van der Waals surface area contributed by atoms with Crippen LogP contribution in [-0.2, 0) is 0 Å². The molecule has 1 aromatic heterocycles. The predicted molar refractivity (Wildman–Crippen MR) is 63.8 cm³/mol. The van der Waals surface area contributed by atoms with Crippen LogP contribution in [-0.4, -0.2) is 17.2 Å². The number of hydrogen-bond acceptors (Lipinski definition) is 4. The summed E-state index contributed by atoms with van der Waals surface area (Å²) in [6.07, 6.45) is 0. The molecule has 0 fully saturated rings. The van der Waals surface area contributed by atoms with Crippen LogP contribution in [0.4, 0.5) is 5.69 Å². The second kappa shape index (κ2) is 3.54. The Balaban J connectivity index is 2.74. The van der Waals surface area contributed by atoms with Crippen LogP contribution in [0.25, 0.3) is 10.1 Å². The molecule has 0 radical (unpaired) electrons. The van der Waals surface area contributed by atoms with Gasteiger partial charge in [0.25, 0.3) is 0 Å². The minimum absolute atomic E-state index is 0.421. The molecule has 0 aliphatic heterocycles. The van der Waals surface area contributed by atoms with E-state index in [2.05, 4.69) is 15.9 Å². The lowest BCUT2D eigenvalue weighted by molar-refractivity contribution is 0.426. The van der Waals surface area contributed by atoms with Crippen molar-refractivity contribution in [2.75, 3.05) is 5.73 Å². The first-order valence-corrected chi connectivity index (χ1v) is 5.59. The fourth-order valence-electron chi connectivity index (χ4n) is 1.33. The lowest BCUT2D eigenvalue weighted by atomic mass is 9.80. The highest BCUT2D eigenvalue weighted by molar-refractivity contribution is 9.10. The van der Waals surface area contributed by atoms with Gasteiger partial charge >= 0.3 is 7.12 Å². The quantitative estimate of drug-likeness (QED) is 0.534. The summed E-state index contributed by atoms with van der Waals surface area (Å²) in [6.45, 7) is 0. The number of nitrogen functional groups attached to an aromatic ring is 1. The molecular formula is C8H7BBrNO2S. The number of thiophene rings is 1. The monoisotopic (exact) mass is 271 g/mol. The molecule has 0 spiro atoms. The first kappa shape index (κ1) is 9.98. The Morgan fingerprint density at radius 1 is 1.36 bits per heavy atom. The van der Waals surface area contributed by atoms with Gasteiger partial charge in [-0.25, -0.2) is 0 Å². The molecular weight excluding hydrogens is 265 g/mol. The van der Waals surface area contributed by atoms with Crippen LogP contribution < -0.4 is 11.2 Å². The van der Waals surface area contributed by atoms with Crippen molar-refractivity contribution in [3.05, 3.63) is 22.0 Å². The van der Waals surface area contributed by atoms with Crippen LogP contribution >= 0.6 is 27.3 Å². The van der Waals surface area contributed by atoms with Crippen LogP contribution in [0.3, 0.4) is 0 Å². The smallest absolute Gasteiger partial charge is 0.423 e. The molecule has 0 atom stereocenters. The largest absolute Gasteiger partial charge is 0.488 e. The molecule has 4 N–H and O–H groups in total. The van der Waals surface area contributed by atoms with E-state index in [1.54, 1.807) is 12.1 Å². The minimum Gasteiger partial charge on any atom is -0.423 e. The average molecular weight is 272 g/mol. The third-order valence-corrected chi connectivity index (χ3v) is 3.84. The first-order valence-electron chi connectivity index (χ1n) is 3.92. The van der Waals surface area contributed by atoms with Crippen molar-refractivity contribution >= 4 is 55.6 Å². The van der Waals surface area contributed by atoms with Gasteiger partial charge < -0.3 is 15.8 Å². The number of anilines is 1. The Kier molecular flexibility index (Phi) is 2.53. The molecule has 2 aromatic rings. The highest BCUT2D eigenvalue weighted by Gasteiger charge is 2.14. The van der Waals surface area contributed by atoms with E-state index >= 15 is 0 Å². The van der Waals surface area contributed by atoms with Crippen molar-refractivity contribution in [2.45, 2.75) is 0 Å². The van der Waals surface area contributed by atoms with Gasteiger partial charge in [-0.15, -0.1) is 11.3 Å². The van der Waals surface area contributed by atoms with E-state index in [1.807, 2.05) is 5.38 Å². The van der Waals surface area contributed by atoms with Gasteiger partial charge in [-0.1, -0.05) is 0 Å². The molecule has 72 valence electrons. The molecule has 2 rings (SSSR count). The van der Waals surface area contributed by atoms with Gasteiger partial charge in [-0.05, 0) is 33.5 Å². The molecule has 6 heteroatoms. The molecule has 0 aliphatic carbocycles. The fraction of sp³-hybridized carbons (Fsp3) is 0. The van der Waals surface area contributed by atoms with Gasteiger partial charge in [0.05, 0.1) is 0 Å². The van der Waals surface area contributed by atoms with E-state index in [4.69, 9.17) is 15.8 Å². The van der Waals surface area contributed by atoms with Crippen LogP contribution in [0.2, 0.25) is 0 Å². The summed E-state index contributed by atoms with van der Waals surface area (Å²) in [5.41, 5.74) is 6.77. The summed E-state index contributed by atoms with van der Waals surface area (Å²) in [5, 5.41) is 20.9. The number of fused-ring (bicyclic) bond motifs is 1. The molecule has 0 bridgehead atoms. The third-order valence-electron chi connectivity index (χ3n) is 1.98. The molecule has 0 unspecified atom stereocenters. The van der Waals surface area contributed by atoms with Gasteiger partial charge in [0.1, 0.15) is 0 Å². The van der Waals surface area contributed by atoms with E-state index in [0.717, 1.165) is 14.6 Å². The molecule has 14 heavy (non-hydrogen) atoms. The zero-order valence-electron chi connectivity index (χ0n) is 7.07. The predicted octanol–water partition coefficient (Wildman–Crippen LogP) is 0.926. The molecule has 1 aromatic carbocycles. The summed E-state index contributed by atoms with van der Waals surface area (Å²) in [5.74, 6) is 0. The SMILES string of the molecule is Nc1cc(B(O)O)cc2scc(Br)c12. The standard InChI is InChI=1S/C8H7BBrNO2S/c10-5-3-14-7-2-4(9(12)13)1-6(11)8(5)7/h1-3,12-13H,11H2. The number of rotatable bonds is 1. The van der Waals surface area contributed by atoms with Crippen molar-refractivity contribution in [1.29, 1.82) is 0 Å². The molecule has 3 nitrogen and oxygen atoms in total. The second-order valence-electron chi connectivity index (χ2n) is 2.94. The number of halogens is 1. The van der Waals surface area contributed by atoms with Crippen molar-refractivity contribution < 1.29 is 10.0 Å². The average Bonchev–Trinajstić information content (AvgIpc) is 2.48. The van der Waals surface area contributed by atoms with E-state index < -0.39 is 7.12 Å². The van der Waals surface area contributed by atoms with E-state index in [1.165, 1.54) is 11.3 Å². The van der Waals surface area contributed by atoms with Gasteiger partial charge in [0, 0.05) is 25.6 Å². The highest BCUT2D eigenvalue weighted by atomic mass is 79.9. The third kappa shape index (κ3) is 1.54. The van der Waals surface area contributed by atoms with Crippen LogP contribution in [0.1, 0.15) is 0 Å². The second-order valence-corrected chi connectivity index (χ2v) is 4.71. The van der Waals surface area contributed by atoms with Gasteiger partial charge in [0.15, 0.2) is 0 Å². The van der Waals surface area contributed by atoms with Gasteiger partial charge in [-0.2, -0.15) is 0 Å². The van der Waals surface area contributed by atoms with Crippen molar-refractivity contribution in [3.63, 3.8) is 0 Å². The molecule has 0 saturated carbocycles. The normalized spacial score (nSPS) is 10.8. The summed E-state index contributed by atoms with van der Waals surface area (Å²) >= 11 is 4.90. The van der Waals surface area contributed by atoms with E-state index in [0.29, 0.717) is 11.2 Å². The first-order chi connectivity index (χ1) is 6.59. The maximum Gasteiger partial charge on any atom is 0.488 e. The maximum absolute atomic E-state index is 9.01. The molecule has 0 amide bonds. The Labute approximate surface area is 93.4 Å². The zero-order chi connectivity index (χ0) is 10.3.